The summed E-state index contributed by atoms with van der Waals surface area (Å²) in [4.78, 5) is 35.2. The van der Waals surface area contributed by atoms with Gasteiger partial charge in [0.2, 0.25) is 0 Å². The van der Waals surface area contributed by atoms with Crippen LogP contribution < -0.4 is 11.2 Å². The average molecular weight is 238 g/mol. The Morgan fingerprint density at radius 1 is 1.35 bits per heavy atom. The SMILES string of the molecule is CCCn1ccc(=O)n(C(C)C(=O)CC)c1=O. The fourth-order valence-electron chi connectivity index (χ4n) is 1.74. The first-order valence-electron chi connectivity index (χ1n) is 5.87. The maximum absolute atomic E-state index is 12.0. The lowest BCUT2D eigenvalue weighted by Gasteiger charge is -2.14. The van der Waals surface area contributed by atoms with Crippen molar-refractivity contribution < 1.29 is 4.79 Å². The van der Waals surface area contributed by atoms with Gasteiger partial charge in [-0.05, 0) is 13.3 Å². The molecule has 0 amide bonds. The quantitative estimate of drug-likeness (QED) is 0.767. The molecule has 1 unspecified atom stereocenters. The molecule has 1 atom stereocenters. The largest absolute Gasteiger partial charge is 0.331 e. The highest BCUT2D eigenvalue weighted by atomic mass is 16.2. The zero-order chi connectivity index (χ0) is 13.0. The van der Waals surface area contributed by atoms with E-state index in [0.29, 0.717) is 13.0 Å². The van der Waals surface area contributed by atoms with Gasteiger partial charge < -0.3 is 4.57 Å². The standard InChI is InChI=1S/C12H18N2O3/c1-4-7-13-8-6-11(16)14(12(13)17)9(3)10(15)5-2/h6,8-9H,4-5,7H2,1-3H3. The average Bonchev–Trinajstić information content (AvgIpc) is 2.32. The van der Waals surface area contributed by atoms with Crippen LogP contribution in [0, 0.1) is 0 Å². The molecule has 0 fully saturated rings. The smallest absolute Gasteiger partial charge is 0.300 e. The van der Waals surface area contributed by atoms with Crippen molar-refractivity contribution >= 4 is 5.78 Å². The first-order chi connectivity index (χ1) is 8.02. The fourth-order valence-corrected chi connectivity index (χ4v) is 1.74. The Kier molecular flexibility index (Phi) is 4.43. The van der Waals surface area contributed by atoms with Gasteiger partial charge in [-0.1, -0.05) is 13.8 Å². The van der Waals surface area contributed by atoms with Crippen LogP contribution in [0.4, 0.5) is 0 Å². The van der Waals surface area contributed by atoms with E-state index in [4.69, 9.17) is 0 Å². The molecule has 0 saturated heterocycles. The monoisotopic (exact) mass is 238 g/mol. The second-order valence-corrected chi connectivity index (χ2v) is 4.00. The Bertz CT molecular complexity index is 513. The van der Waals surface area contributed by atoms with Crippen molar-refractivity contribution in [2.75, 3.05) is 0 Å². The van der Waals surface area contributed by atoms with E-state index in [2.05, 4.69) is 0 Å². The molecule has 0 radical (unpaired) electrons. The van der Waals surface area contributed by atoms with Gasteiger partial charge in [-0.25, -0.2) is 9.36 Å². The van der Waals surface area contributed by atoms with Crippen molar-refractivity contribution in [3.05, 3.63) is 33.1 Å². The number of rotatable bonds is 5. The molecule has 0 aromatic carbocycles. The molecule has 0 N–H and O–H groups in total. The minimum atomic E-state index is -0.690. The maximum atomic E-state index is 12.0. The highest BCUT2D eigenvalue weighted by Gasteiger charge is 2.17. The van der Waals surface area contributed by atoms with Crippen molar-refractivity contribution in [3.8, 4) is 0 Å². The lowest BCUT2D eigenvalue weighted by molar-refractivity contribution is -0.121. The third-order valence-electron chi connectivity index (χ3n) is 2.75. The van der Waals surface area contributed by atoms with Crippen LogP contribution in [-0.4, -0.2) is 14.9 Å². The molecular formula is C12H18N2O3. The van der Waals surface area contributed by atoms with Gasteiger partial charge in [0, 0.05) is 25.2 Å². The van der Waals surface area contributed by atoms with Gasteiger partial charge in [-0.3, -0.25) is 9.59 Å². The third-order valence-corrected chi connectivity index (χ3v) is 2.75. The normalized spacial score (nSPS) is 12.4. The molecular weight excluding hydrogens is 220 g/mol. The van der Waals surface area contributed by atoms with E-state index in [-0.39, 0.29) is 5.78 Å². The zero-order valence-electron chi connectivity index (χ0n) is 10.5. The maximum Gasteiger partial charge on any atom is 0.331 e. The van der Waals surface area contributed by atoms with Crippen LogP contribution in [0.25, 0.3) is 0 Å². The summed E-state index contributed by atoms with van der Waals surface area (Å²) in [6.07, 6.45) is 2.59. The van der Waals surface area contributed by atoms with Crippen LogP contribution in [0.5, 0.6) is 0 Å². The summed E-state index contributed by atoms with van der Waals surface area (Å²) in [6.45, 7) is 5.80. The third kappa shape index (κ3) is 2.72. The molecule has 94 valence electrons. The van der Waals surface area contributed by atoms with Crippen LogP contribution >= 0.6 is 0 Å². The number of aromatic nitrogens is 2. The predicted molar refractivity (Wildman–Crippen MR) is 65.3 cm³/mol. The first-order valence-corrected chi connectivity index (χ1v) is 5.87. The van der Waals surface area contributed by atoms with Gasteiger partial charge in [0.05, 0.1) is 6.04 Å². The fraction of sp³-hybridized carbons (Fsp3) is 0.583. The minimum absolute atomic E-state index is 0.113. The molecule has 5 heteroatoms. The lowest BCUT2D eigenvalue weighted by atomic mass is 10.1. The summed E-state index contributed by atoms with van der Waals surface area (Å²) in [5.41, 5.74) is -0.828. The minimum Gasteiger partial charge on any atom is -0.300 e. The van der Waals surface area contributed by atoms with Gasteiger partial charge in [0.15, 0.2) is 5.78 Å². The summed E-state index contributed by atoms with van der Waals surface area (Å²) >= 11 is 0. The van der Waals surface area contributed by atoms with Gasteiger partial charge in [-0.2, -0.15) is 0 Å². The molecule has 0 aliphatic heterocycles. The Morgan fingerprint density at radius 2 is 2.00 bits per heavy atom. The number of aryl methyl sites for hydroxylation is 1. The van der Waals surface area contributed by atoms with Crippen molar-refractivity contribution in [2.24, 2.45) is 0 Å². The Balaban J connectivity index is 3.32. The molecule has 0 spiro atoms. The number of hydrogen-bond acceptors (Lipinski definition) is 3. The summed E-state index contributed by atoms with van der Waals surface area (Å²) in [6, 6.07) is 0.639. The number of carbonyl (C=O) groups excluding carboxylic acids is 1. The highest BCUT2D eigenvalue weighted by Crippen LogP contribution is 2.03. The lowest BCUT2D eigenvalue weighted by Crippen LogP contribution is -2.42. The molecule has 1 heterocycles. The van der Waals surface area contributed by atoms with Crippen molar-refractivity contribution in [1.29, 1.82) is 0 Å². The molecule has 0 aliphatic rings. The van der Waals surface area contributed by atoms with E-state index in [0.717, 1.165) is 11.0 Å². The molecule has 1 aromatic rings. The van der Waals surface area contributed by atoms with E-state index in [9.17, 15) is 14.4 Å². The van der Waals surface area contributed by atoms with E-state index in [1.807, 2.05) is 6.92 Å². The van der Waals surface area contributed by atoms with Crippen molar-refractivity contribution in [2.45, 2.75) is 46.2 Å². The van der Waals surface area contributed by atoms with Gasteiger partial charge in [0.25, 0.3) is 5.56 Å². The van der Waals surface area contributed by atoms with E-state index < -0.39 is 17.3 Å². The van der Waals surface area contributed by atoms with Crippen molar-refractivity contribution in [1.82, 2.24) is 9.13 Å². The van der Waals surface area contributed by atoms with Crippen LogP contribution in [0.1, 0.15) is 39.7 Å². The topological polar surface area (TPSA) is 61.1 Å². The number of ketones is 1. The van der Waals surface area contributed by atoms with Gasteiger partial charge in [-0.15, -0.1) is 0 Å². The molecule has 0 saturated carbocycles. The first kappa shape index (κ1) is 13.4. The van der Waals surface area contributed by atoms with Crippen LogP contribution in [0.15, 0.2) is 21.9 Å². The molecule has 5 nitrogen and oxygen atoms in total. The van der Waals surface area contributed by atoms with Gasteiger partial charge in [0.1, 0.15) is 0 Å². The van der Waals surface area contributed by atoms with E-state index in [1.165, 1.54) is 16.8 Å². The summed E-state index contributed by atoms with van der Waals surface area (Å²) in [5, 5.41) is 0. The van der Waals surface area contributed by atoms with Crippen LogP contribution in [0.2, 0.25) is 0 Å². The Hall–Kier alpha value is -1.65. The second-order valence-electron chi connectivity index (χ2n) is 4.00. The molecule has 17 heavy (non-hydrogen) atoms. The molecule has 1 aromatic heterocycles. The number of hydrogen-bond donors (Lipinski definition) is 0. The van der Waals surface area contributed by atoms with Crippen LogP contribution in [-0.2, 0) is 11.3 Å². The second kappa shape index (κ2) is 5.61. The summed E-state index contributed by atoms with van der Waals surface area (Å²) < 4.78 is 2.49. The zero-order valence-corrected chi connectivity index (χ0v) is 10.5. The van der Waals surface area contributed by atoms with Crippen LogP contribution in [0.3, 0.4) is 0 Å². The van der Waals surface area contributed by atoms with Gasteiger partial charge >= 0.3 is 5.69 Å². The number of Topliss-reactive ketones (excluding diaryl/α,β-unsaturated/α-hetero) is 1. The summed E-state index contributed by atoms with van der Waals surface area (Å²) in [7, 11) is 0. The Morgan fingerprint density at radius 3 is 2.53 bits per heavy atom. The van der Waals surface area contributed by atoms with E-state index >= 15 is 0 Å². The molecule has 1 rings (SSSR count). The Labute approximate surface area is 99.7 Å². The number of nitrogens with zero attached hydrogens (tertiary/aromatic N) is 2. The highest BCUT2D eigenvalue weighted by molar-refractivity contribution is 5.81. The predicted octanol–water partition coefficient (Wildman–Crippen LogP) is 0.960. The van der Waals surface area contributed by atoms with Crippen molar-refractivity contribution in [3.63, 3.8) is 0 Å². The molecule has 0 aliphatic carbocycles. The number of carbonyl (C=O) groups is 1. The summed E-state index contributed by atoms with van der Waals surface area (Å²) in [5.74, 6) is -0.113. The molecule has 0 bridgehead atoms. The van der Waals surface area contributed by atoms with E-state index in [1.54, 1.807) is 13.8 Å².